The molecule has 0 saturated heterocycles. The SMILES string of the molecule is C=C(Cn1cc(CN)nn1)NC(Cc1cccc(C(=O)O)c1OC)B(O)O. The fraction of sp³-hybridized carbons (Fsp3) is 0.312. The topological polar surface area (TPSA) is 156 Å². The minimum Gasteiger partial charge on any atom is -0.496 e. The largest absolute Gasteiger partial charge is 0.496 e. The van der Waals surface area contributed by atoms with Crippen molar-refractivity contribution >= 4 is 13.1 Å². The first-order chi connectivity index (χ1) is 12.8. The molecule has 0 bridgehead atoms. The summed E-state index contributed by atoms with van der Waals surface area (Å²) in [6, 6.07) is 4.65. The number of hydrogen-bond acceptors (Lipinski definition) is 8. The highest BCUT2D eigenvalue weighted by Crippen LogP contribution is 2.25. The summed E-state index contributed by atoms with van der Waals surface area (Å²) in [5, 5.41) is 39.4. The van der Waals surface area contributed by atoms with Crippen LogP contribution in [0.2, 0.25) is 0 Å². The van der Waals surface area contributed by atoms with Crippen LogP contribution in [0.5, 0.6) is 5.75 Å². The smallest absolute Gasteiger partial charge is 0.475 e. The number of benzene rings is 1. The van der Waals surface area contributed by atoms with Gasteiger partial charge in [0.25, 0.3) is 0 Å². The fourth-order valence-corrected chi connectivity index (χ4v) is 2.64. The Balaban J connectivity index is 2.12. The Labute approximate surface area is 156 Å². The lowest BCUT2D eigenvalue weighted by Gasteiger charge is -2.22. The molecule has 1 heterocycles. The summed E-state index contributed by atoms with van der Waals surface area (Å²) in [5.41, 5.74) is 7.09. The summed E-state index contributed by atoms with van der Waals surface area (Å²) in [5.74, 6) is -1.80. The van der Waals surface area contributed by atoms with E-state index in [9.17, 15) is 19.9 Å². The van der Waals surface area contributed by atoms with E-state index in [-0.39, 0.29) is 30.8 Å². The number of para-hydroxylation sites is 1. The number of carboxylic acid groups (broad SMARTS) is 1. The normalized spacial score (nSPS) is 11.7. The maximum absolute atomic E-state index is 11.3. The van der Waals surface area contributed by atoms with Gasteiger partial charge < -0.3 is 30.9 Å². The molecule has 2 rings (SSSR count). The molecule has 6 N–H and O–H groups in total. The van der Waals surface area contributed by atoms with E-state index in [0.717, 1.165) is 0 Å². The summed E-state index contributed by atoms with van der Waals surface area (Å²) >= 11 is 0. The van der Waals surface area contributed by atoms with Gasteiger partial charge in [0.15, 0.2) is 0 Å². The lowest BCUT2D eigenvalue weighted by molar-refractivity contribution is 0.0693. The van der Waals surface area contributed by atoms with Crippen LogP contribution in [-0.2, 0) is 19.5 Å². The minimum absolute atomic E-state index is 0.00284. The van der Waals surface area contributed by atoms with Crippen LogP contribution in [-0.4, -0.2) is 56.3 Å². The lowest BCUT2D eigenvalue weighted by Crippen LogP contribution is -2.45. The fourth-order valence-electron chi connectivity index (χ4n) is 2.64. The van der Waals surface area contributed by atoms with Crippen molar-refractivity contribution in [3.63, 3.8) is 0 Å². The standard InChI is InChI=1S/C16H22BN5O5/c1-10(8-22-9-12(7-18)20-21-22)19-14(17(25)26)6-11-4-3-5-13(16(23)24)15(11)27-2/h3-5,9,14,19,25-26H,1,6-8,18H2,2H3,(H,23,24). The van der Waals surface area contributed by atoms with Crippen LogP contribution in [0.25, 0.3) is 0 Å². The molecular weight excluding hydrogens is 353 g/mol. The first kappa shape index (κ1) is 20.4. The van der Waals surface area contributed by atoms with Crippen LogP contribution in [0.15, 0.2) is 36.7 Å². The van der Waals surface area contributed by atoms with Crippen molar-refractivity contribution in [3.05, 3.63) is 53.5 Å². The predicted molar refractivity (Wildman–Crippen MR) is 97.8 cm³/mol. The number of aromatic nitrogens is 3. The second-order valence-corrected chi connectivity index (χ2v) is 5.89. The van der Waals surface area contributed by atoms with Gasteiger partial charge in [-0.15, -0.1) is 5.10 Å². The molecule has 0 amide bonds. The Morgan fingerprint density at radius 2 is 2.22 bits per heavy atom. The molecule has 10 nitrogen and oxygen atoms in total. The molecule has 0 saturated carbocycles. The molecule has 0 aliphatic heterocycles. The average Bonchev–Trinajstić information content (AvgIpc) is 3.08. The Bertz CT molecular complexity index is 810. The van der Waals surface area contributed by atoms with Gasteiger partial charge in [-0.25, -0.2) is 9.48 Å². The summed E-state index contributed by atoms with van der Waals surface area (Å²) < 4.78 is 6.72. The number of methoxy groups -OCH3 is 1. The van der Waals surface area contributed by atoms with E-state index in [0.29, 0.717) is 17.0 Å². The zero-order valence-electron chi connectivity index (χ0n) is 14.9. The predicted octanol–water partition coefficient (Wildman–Crippen LogP) is -0.830. The van der Waals surface area contributed by atoms with E-state index in [1.54, 1.807) is 18.3 Å². The highest BCUT2D eigenvalue weighted by Gasteiger charge is 2.26. The highest BCUT2D eigenvalue weighted by atomic mass is 16.5. The molecule has 0 fully saturated rings. The van der Waals surface area contributed by atoms with Crippen LogP contribution in [0.3, 0.4) is 0 Å². The van der Waals surface area contributed by atoms with E-state index in [1.807, 2.05) is 0 Å². The second kappa shape index (κ2) is 9.17. The van der Waals surface area contributed by atoms with Crippen LogP contribution >= 0.6 is 0 Å². The Hall–Kier alpha value is -2.89. The van der Waals surface area contributed by atoms with Gasteiger partial charge in [0.05, 0.1) is 31.5 Å². The quantitative estimate of drug-likeness (QED) is 0.335. The van der Waals surface area contributed by atoms with Crippen molar-refractivity contribution in [2.45, 2.75) is 25.5 Å². The van der Waals surface area contributed by atoms with Gasteiger partial charge in [0.1, 0.15) is 11.3 Å². The molecule has 0 aliphatic carbocycles. The molecule has 144 valence electrons. The van der Waals surface area contributed by atoms with Crippen LogP contribution in [0, 0.1) is 0 Å². The maximum Gasteiger partial charge on any atom is 0.475 e. The highest BCUT2D eigenvalue weighted by molar-refractivity contribution is 6.43. The molecule has 1 unspecified atom stereocenters. The molecular formula is C16H22BN5O5. The average molecular weight is 375 g/mol. The van der Waals surface area contributed by atoms with E-state index in [2.05, 4.69) is 22.2 Å². The molecule has 11 heteroatoms. The van der Waals surface area contributed by atoms with E-state index >= 15 is 0 Å². The third kappa shape index (κ3) is 5.30. The second-order valence-electron chi connectivity index (χ2n) is 5.89. The van der Waals surface area contributed by atoms with Gasteiger partial charge >= 0.3 is 13.1 Å². The van der Waals surface area contributed by atoms with E-state index in [1.165, 1.54) is 17.9 Å². The zero-order chi connectivity index (χ0) is 20.0. The zero-order valence-corrected chi connectivity index (χ0v) is 14.9. The molecule has 1 aromatic carbocycles. The first-order valence-corrected chi connectivity index (χ1v) is 8.14. The summed E-state index contributed by atoms with van der Waals surface area (Å²) in [4.78, 5) is 11.3. The number of nitrogens with zero attached hydrogens (tertiary/aromatic N) is 3. The number of nitrogens with two attached hydrogens (primary N) is 1. The third-order valence-corrected chi connectivity index (χ3v) is 3.87. The van der Waals surface area contributed by atoms with Gasteiger partial charge in [0.2, 0.25) is 0 Å². The van der Waals surface area contributed by atoms with Gasteiger partial charge in [-0.2, -0.15) is 0 Å². The van der Waals surface area contributed by atoms with Crippen molar-refractivity contribution in [2.24, 2.45) is 5.73 Å². The number of allylic oxidation sites excluding steroid dienone is 1. The number of nitrogens with one attached hydrogen (secondary N) is 1. The number of carboxylic acids is 1. The van der Waals surface area contributed by atoms with Crippen molar-refractivity contribution in [1.29, 1.82) is 0 Å². The van der Waals surface area contributed by atoms with Crippen molar-refractivity contribution in [3.8, 4) is 5.75 Å². The van der Waals surface area contributed by atoms with E-state index in [4.69, 9.17) is 10.5 Å². The first-order valence-electron chi connectivity index (χ1n) is 8.14. The number of carbonyl (C=O) groups is 1. The number of ether oxygens (including phenoxy) is 1. The number of rotatable bonds is 10. The molecule has 1 atom stereocenters. The van der Waals surface area contributed by atoms with Crippen LogP contribution in [0.4, 0.5) is 0 Å². The molecule has 27 heavy (non-hydrogen) atoms. The minimum atomic E-state index is -1.71. The molecule has 0 spiro atoms. The molecule has 0 radical (unpaired) electrons. The molecule has 2 aromatic rings. The van der Waals surface area contributed by atoms with E-state index < -0.39 is 19.0 Å². The summed E-state index contributed by atoms with van der Waals surface area (Å²) in [7, 11) is -0.350. The van der Waals surface area contributed by atoms with Gasteiger partial charge in [-0.3, -0.25) is 0 Å². The lowest BCUT2D eigenvalue weighted by atomic mass is 9.75. The maximum atomic E-state index is 11.3. The Morgan fingerprint density at radius 1 is 1.48 bits per heavy atom. The van der Waals surface area contributed by atoms with Crippen molar-refractivity contribution in [2.75, 3.05) is 7.11 Å². The Morgan fingerprint density at radius 3 is 2.78 bits per heavy atom. The van der Waals surface area contributed by atoms with Gasteiger partial charge in [-0.1, -0.05) is 23.9 Å². The van der Waals surface area contributed by atoms with Gasteiger partial charge in [-0.05, 0) is 18.1 Å². The summed E-state index contributed by atoms with van der Waals surface area (Å²) in [6.45, 7) is 4.37. The molecule has 1 aromatic heterocycles. The van der Waals surface area contributed by atoms with Crippen molar-refractivity contribution in [1.82, 2.24) is 20.3 Å². The summed E-state index contributed by atoms with van der Waals surface area (Å²) in [6.07, 6.45) is 1.77. The number of aromatic carboxylic acids is 1. The number of hydrogen-bond donors (Lipinski definition) is 5. The van der Waals surface area contributed by atoms with Gasteiger partial charge in [0, 0.05) is 12.2 Å². The van der Waals surface area contributed by atoms with Crippen molar-refractivity contribution < 1.29 is 24.7 Å². The van der Waals surface area contributed by atoms with Crippen LogP contribution < -0.4 is 15.8 Å². The Kier molecular flexibility index (Phi) is 6.94. The van der Waals surface area contributed by atoms with Crippen LogP contribution in [0.1, 0.15) is 21.6 Å². The molecule has 0 aliphatic rings. The third-order valence-electron chi connectivity index (χ3n) is 3.87. The monoisotopic (exact) mass is 375 g/mol.